The fourth-order valence-corrected chi connectivity index (χ4v) is 5.96. The summed E-state index contributed by atoms with van der Waals surface area (Å²) in [7, 11) is 0. The molecule has 0 saturated carbocycles. The maximum absolute atomic E-state index is 13.8. The Bertz CT molecular complexity index is 1710. The molecule has 0 radical (unpaired) electrons. The van der Waals surface area contributed by atoms with Crippen molar-refractivity contribution in [1.82, 2.24) is 9.13 Å². The molecule has 8 heteroatoms. The van der Waals surface area contributed by atoms with Crippen molar-refractivity contribution in [3.63, 3.8) is 0 Å². The Morgan fingerprint density at radius 1 is 1.11 bits per heavy atom. The second kappa shape index (κ2) is 10.00. The Morgan fingerprint density at radius 3 is 2.49 bits per heavy atom. The third kappa shape index (κ3) is 4.49. The molecule has 1 atom stereocenters. The van der Waals surface area contributed by atoms with Gasteiger partial charge in [0.1, 0.15) is 0 Å². The molecule has 3 heterocycles. The summed E-state index contributed by atoms with van der Waals surface area (Å²) >= 11 is 7.45. The van der Waals surface area contributed by atoms with Crippen LogP contribution < -0.4 is 14.9 Å². The smallest absolute Gasteiger partial charge is 0.338 e. The van der Waals surface area contributed by atoms with E-state index < -0.39 is 12.0 Å². The van der Waals surface area contributed by atoms with Crippen LogP contribution in [0.25, 0.3) is 11.8 Å². The number of hydrogen-bond donors (Lipinski definition) is 0. The average Bonchev–Trinajstić information content (AvgIpc) is 3.33. The Hall–Kier alpha value is -3.68. The number of ether oxygens (including phenoxy) is 1. The van der Waals surface area contributed by atoms with Gasteiger partial charge in [0.05, 0.1) is 28.5 Å². The van der Waals surface area contributed by atoms with Crippen LogP contribution in [0.1, 0.15) is 42.4 Å². The Kier molecular flexibility index (Phi) is 6.75. The molecule has 6 nitrogen and oxygen atoms in total. The van der Waals surface area contributed by atoms with Crippen LogP contribution in [0.5, 0.6) is 0 Å². The van der Waals surface area contributed by atoms with Crippen LogP contribution >= 0.6 is 22.9 Å². The molecule has 2 aromatic carbocycles. The second-order valence-corrected chi connectivity index (χ2v) is 10.3. The fourth-order valence-electron chi connectivity index (χ4n) is 4.80. The molecular weight excluding hydrogens is 506 g/mol. The molecule has 188 valence electrons. The van der Waals surface area contributed by atoms with Gasteiger partial charge in [-0.25, -0.2) is 9.79 Å². The van der Waals surface area contributed by atoms with Crippen LogP contribution in [0.2, 0.25) is 5.02 Å². The maximum Gasteiger partial charge on any atom is 0.338 e. The van der Waals surface area contributed by atoms with Crippen LogP contribution in [0, 0.1) is 13.8 Å². The highest BCUT2D eigenvalue weighted by molar-refractivity contribution is 7.07. The SMILES string of the molecule is CCOC(=O)C1=C(C)N=c2s/c(=C/c3cc(C)n(-c4ccccc4)c3C)c(=O)n2[C@@H]1c1ccc(Cl)cc1. The van der Waals surface area contributed by atoms with Gasteiger partial charge in [0, 0.05) is 22.1 Å². The van der Waals surface area contributed by atoms with Crippen LogP contribution in [0.3, 0.4) is 0 Å². The first-order chi connectivity index (χ1) is 17.8. The summed E-state index contributed by atoms with van der Waals surface area (Å²) in [5.41, 5.74) is 5.57. The number of carbonyl (C=O) groups is 1. The molecule has 0 N–H and O–H groups in total. The van der Waals surface area contributed by atoms with E-state index in [0.717, 1.165) is 28.2 Å². The quantitative estimate of drug-likeness (QED) is 0.345. The number of carbonyl (C=O) groups excluding carboxylic acids is 1. The van der Waals surface area contributed by atoms with Crippen molar-refractivity contribution < 1.29 is 9.53 Å². The van der Waals surface area contributed by atoms with Gasteiger partial charge in [-0.15, -0.1) is 0 Å². The zero-order valence-electron chi connectivity index (χ0n) is 21.0. The summed E-state index contributed by atoms with van der Waals surface area (Å²) in [6.45, 7) is 7.85. The predicted molar refractivity (Wildman–Crippen MR) is 147 cm³/mol. The van der Waals surface area contributed by atoms with E-state index in [9.17, 15) is 9.59 Å². The minimum Gasteiger partial charge on any atom is -0.463 e. The summed E-state index contributed by atoms with van der Waals surface area (Å²) < 4.78 is 9.66. The molecule has 1 aliphatic heterocycles. The third-order valence-electron chi connectivity index (χ3n) is 6.47. The van der Waals surface area contributed by atoms with E-state index in [0.29, 0.717) is 25.6 Å². The highest BCUT2D eigenvalue weighted by Crippen LogP contribution is 2.31. The monoisotopic (exact) mass is 531 g/mol. The van der Waals surface area contributed by atoms with Crippen molar-refractivity contribution in [3.8, 4) is 5.69 Å². The van der Waals surface area contributed by atoms with Gasteiger partial charge in [-0.1, -0.05) is 53.3 Å². The van der Waals surface area contributed by atoms with E-state index >= 15 is 0 Å². The van der Waals surface area contributed by atoms with Crippen molar-refractivity contribution in [3.05, 3.63) is 119 Å². The lowest BCUT2D eigenvalue weighted by molar-refractivity contribution is -0.139. The van der Waals surface area contributed by atoms with E-state index in [1.165, 1.54) is 11.3 Å². The van der Waals surface area contributed by atoms with Gasteiger partial charge >= 0.3 is 5.97 Å². The minimum absolute atomic E-state index is 0.206. The Morgan fingerprint density at radius 2 is 1.81 bits per heavy atom. The number of rotatable bonds is 5. The number of aryl methyl sites for hydroxylation is 1. The number of benzene rings is 2. The normalized spacial score (nSPS) is 15.5. The van der Waals surface area contributed by atoms with Gasteiger partial charge in [0.2, 0.25) is 0 Å². The van der Waals surface area contributed by atoms with Crippen LogP contribution in [0.15, 0.2) is 81.7 Å². The predicted octanol–water partition coefficient (Wildman–Crippen LogP) is 4.86. The highest BCUT2D eigenvalue weighted by atomic mass is 35.5. The van der Waals surface area contributed by atoms with E-state index in [1.54, 1.807) is 30.5 Å². The number of para-hydroxylation sites is 1. The molecule has 0 unspecified atom stereocenters. The van der Waals surface area contributed by atoms with Crippen molar-refractivity contribution in [2.45, 2.75) is 33.7 Å². The Balaban J connectivity index is 1.70. The zero-order valence-corrected chi connectivity index (χ0v) is 22.6. The number of fused-ring (bicyclic) bond motifs is 1. The van der Waals surface area contributed by atoms with Gasteiger partial charge in [-0.3, -0.25) is 9.36 Å². The lowest BCUT2D eigenvalue weighted by Crippen LogP contribution is -2.39. The van der Waals surface area contributed by atoms with Crippen LogP contribution in [-0.2, 0) is 9.53 Å². The lowest BCUT2D eigenvalue weighted by Gasteiger charge is -2.24. The zero-order chi connectivity index (χ0) is 26.3. The molecule has 2 aromatic heterocycles. The van der Waals surface area contributed by atoms with Gasteiger partial charge in [-0.05, 0) is 75.2 Å². The van der Waals surface area contributed by atoms with Crippen molar-refractivity contribution in [2.24, 2.45) is 4.99 Å². The Labute approximate surface area is 223 Å². The van der Waals surface area contributed by atoms with Gasteiger partial charge in [-0.2, -0.15) is 0 Å². The van der Waals surface area contributed by atoms with Crippen molar-refractivity contribution in [2.75, 3.05) is 6.61 Å². The summed E-state index contributed by atoms with van der Waals surface area (Å²) in [6, 6.07) is 18.7. The highest BCUT2D eigenvalue weighted by Gasteiger charge is 2.33. The molecule has 0 amide bonds. The molecule has 0 fully saturated rings. The van der Waals surface area contributed by atoms with E-state index in [4.69, 9.17) is 16.3 Å². The molecule has 0 aliphatic carbocycles. The first-order valence-electron chi connectivity index (χ1n) is 12.0. The van der Waals surface area contributed by atoms with Crippen molar-refractivity contribution in [1.29, 1.82) is 0 Å². The topological polar surface area (TPSA) is 65.6 Å². The van der Waals surface area contributed by atoms with E-state index in [1.807, 2.05) is 43.3 Å². The first kappa shape index (κ1) is 25.0. The van der Waals surface area contributed by atoms with Crippen LogP contribution in [0.4, 0.5) is 0 Å². The summed E-state index contributed by atoms with van der Waals surface area (Å²) in [5, 5.41) is 0.573. The molecule has 37 heavy (non-hydrogen) atoms. The summed E-state index contributed by atoms with van der Waals surface area (Å²) in [6.07, 6.45) is 1.91. The van der Waals surface area contributed by atoms with Gasteiger partial charge in [0.25, 0.3) is 5.56 Å². The molecule has 1 aliphatic rings. The van der Waals surface area contributed by atoms with E-state index in [2.05, 4.69) is 34.7 Å². The van der Waals surface area contributed by atoms with Gasteiger partial charge < -0.3 is 9.30 Å². The summed E-state index contributed by atoms with van der Waals surface area (Å²) in [4.78, 5) is 32.0. The van der Waals surface area contributed by atoms with Gasteiger partial charge in [0.15, 0.2) is 4.80 Å². The number of halogens is 1. The third-order valence-corrected chi connectivity index (χ3v) is 7.71. The number of hydrogen-bond acceptors (Lipinski definition) is 5. The average molecular weight is 532 g/mol. The molecule has 4 aromatic rings. The molecular formula is C29H26ClN3O3S. The first-order valence-corrected chi connectivity index (χ1v) is 13.2. The number of aromatic nitrogens is 2. The number of nitrogens with zero attached hydrogens (tertiary/aromatic N) is 3. The number of thiazole rings is 1. The lowest BCUT2D eigenvalue weighted by atomic mass is 9.96. The summed E-state index contributed by atoms with van der Waals surface area (Å²) in [5.74, 6) is -0.482. The number of esters is 1. The van der Waals surface area contributed by atoms with Crippen molar-refractivity contribution >= 4 is 35.0 Å². The largest absolute Gasteiger partial charge is 0.463 e. The second-order valence-electron chi connectivity index (χ2n) is 8.85. The molecule has 0 saturated heterocycles. The standard InChI is InChI=1S/C29H26ClN3O3S/c1-5-36-28(35)25-18(3)31-29-33(26(25)20-11-13-22(30)14-12-20)27(34)24(37-29)16-21-15-17(2)32(19(21)4)23-9-7-6-8-10-23/h6-16,26H,5H2,1-4H3/b24-16+/t26-/m1/s1. The minimum atomic E-state index is -0.661. The van der Waals surface area contributed by atoms with Crippen LogP contribution in [-0.4, -0.2) is 21.7 Å². The molecule has 0 bridgehead atoms. The molecule has 5 rings (SSSR count). The van der Waals surface area contributed by atoms with E-state index in [-0.39, 0.29) is 12.2 Å². The maximum atomic E-state index is 13.8. The number of allylic oxidation sites excluding steroid dienone is 1. The fraction of sp³-hybridized carbons (Fsp3) is 0.207. The molecule has 0 spiro atoms.